The van der Waals surface area contributed by atoms with Crippen LogP contribution in [0, 0.1) is 24.5 Å². The third kappa shape index (κ3) is 4.62. The van der Waals surface area contributed by atoms with Gasteiger partial charge in [-0.05, 0) is 50.8 Å². The number of fused-ring (bicyclic) bond motifs is 1. The Hall–Kier alpha value is -2.60. The molecule has 1 atom stereocenters. The van der Waals surface area contributed by atoms with Crippen LogP contribution < -0.4 is 10.5 Å². The lowest BCUT2D eigenvalue weighted by Crippen LogP contribution is -2.35. The fraction of sp³-hybridized carbons (Fsp3) is 0.364. The summed E-state index contributed by atoms with van der Waals surface area (Å²) >= 11 is 0. The molecule has 6 heteroatoms. The third-order valence-corrected chi connectivity index (χ3v) is 4.49. The van der Waals surface area contributed by atoms with Crippen LogP contribution in [0.3, 0.4) is 0 Å². The summed E-state index contributed by atoms with van der Waals surface area (Å²) in [5, 5.41) is 0.253. The lowest BCUT2D eigenvalue weighted by Gasteiger charge is -2.23. The van der Waals surface area contributed by atoms with E-state index < -0.39 is 11.6 Å². The van der Waals surface area contributed by atoms with Crippen molar-refractivity contribution in [2.75, 3.05) is 6.61 Å². The second-order valence-electron chi connectivity index (χ2n) is 8.08. The van der Waals surface area contributed by atoms with Crippen LogP contribution in [0.2, 0.25) is 0 Å². The molecule has 0 aliphatic heterocycles. The van der Waals surface area contributed by atoms with Gasteiger partial charge in [0, 0.05) is 34.8 Å². The molecule has 28 heavy (non-hydrogen) atoms. The summed E-state index contributed by atoms with van der Waals surface area (Å²) in [4.78, 5) is 8.50. The quantitative estimate of drug-likeness (QED) is 0.647. The SMILES string of the molecule is Cc1cc(-c2ccnc3cc(F)cc(F)c23)ncc1OC[C@@H](C)CC(C)(C)N. The van der Waals surface area contributed by atoms with Crippen molar-refractivity contribution in [2.45, 2.75) is 39.7 Å². The van der Waals surface area contributed by atoms with Gasteiger partial charge in [-0.2, -0.15) is 0 Å². The summed E-state index contributed by atoms with van der Waals surface area (Å²) < 4.78 is 33.8. The number of nitrogens with zero attached hydrogens (tertiary/aromatic N) is 2. The predicted octanol–water partition coefficient (Wildman–Crippen LogP) is 5.03. The molecule has 0 spiro atoms. The minimum absolute atomic E-state index is 0.244. The van der Waals surface area contributed by atoms with Gasteiger partial charge in [-0.15, -0.1) is 0 Å². The molecule has 0 saturated heterocycles. The van der Waals surface area contributed by atoms with E-state index in [1.165, 1.54) is 12.3 Å². The summed E-state index contributed by atoms with van der Waals surface area (Å²) in [7, 11) is 0. The van der Waals surface area contributed by atoms with Crippen molar-refractivity contribution < 1.29 is 13.5 Å². The van der Waals surface area contributed by atoms with Crippen LogP contribution >= 0.6 is 0 Å². The average Bonchev–Trinajstić information content (AvgIpc) is 2.58. The van der Waals surface area contributed by atoms with Gasteiger partial charge in [0.15, 0.2) is 0 Å². The highest BCUT2D eigenvalue weighted by Crippen LogP contribution is 2.31. The van der Waals surface area contributed by atoms with Crippen molar-refractivity contribution in [1.82, 2.24) is 9.97 Å². The van der Waals surface area contributed by atoms with E-state index >= 15 is 0 Å². The Bertz CT molecular complexity index is 999. The van der Waals surface area contributed by atoms with Gasteiger partial charge in [-0.3, -0.25) is 9.97 Å². The van der Waals surface area contributed by atoms with Crippen molar-refractivity contribution >= 4 is 10.9 Å². The van der Waals surface area contributed by atoms with E-state index in [0.717, 1.165) is 18.1 Å². The highest BCUT2D eigenvalue weighted by molar-refractivity contribution is 5.93. The second kappa shape index (κ2) is 7.80. The van der Waals surface area contributed by atoms with Gasteiger partial charge < -0.3 is 10.5 Å². The van der Waals surface area contributed by atoms with E-state index in [-0.39, 0.29) is 16.4 Å². The summed E-state index contributed by atoms with van der Waals surface area (Å²) in [5.74, 6) is -0.337. The van der Waals surface area contributed by atoms with Crippen LogP contribution in [0.5, 0.6) is 5.75 Å². The van der Waals surface area contributed by atoms with Crippen LogP contribution in [0.1, 0.15) is 32.8 Å². The molecule has 0 aliphatic rings. The minimum Gasteiger partial charge on any atom is -0.491 e. The van der Waals surface area contributed by atoms with Gasteiger partial charge in [-0.25, -0.2) is 8.78 Å². The van der Waals surface area contributed by atoms with E-state index in [2.05, 4.69) is 16.9 Å². The maximum atomic E-state index is 14.4. The molecule has 0 fully saturated rings. The Kier molecular flexibility index (Phi) is 5.61. The van der Waals surface area contributed by atoms with Gasteiger partial charge >= 0.3 is 0 Å². The van der Waals surface area contributed by atoms with Gasteiger partial charge in [0.05, 0.1) is 24.0 Å². The molecule has 3 aromatic rings. The first-order chi connectivity index (χ1) is 13.1. The molecule has 3 rings (SSSR count). The van der Waals surface area contributed by atoms with Gasteiger partial charge in [0.1, 0.15) is 17.4 Å². The van der Waals surface area contributed by atoms with E-state index in [1.54, 1.807) is 12.3 Å². The number of aryl methyl sites for hydroxylation is 1. The fourth-order valence-corrected chi connectivity index (χ4v) is 3.45. The van der Waals surface area contributed by atoms with E-state index in [1.807, 2.05) is 26.8 Å². The third-order valence-electron chi connectivity index (χ3n) is 4.49. The smallest absolute Gasteiger partial charge is 0.140 e. The number of benzene rings is 1. The van der Waals surface area contributed by atoms with Crippen LogP contribution in [0.15, 0.2) is 36.7 Å². The highest BCUT2D eigenvalue weighted by atomic mass is 19.1. The van der Waals surface area contributed by atoms with Crippen LogP contribution in [-0.4, -0.2) is 22.1 Å². The number of rotatable bonds is 6. The molecule has 148 valence electrons. The number of nitrogens with two attached hydrogens (primary N) is 1. The van der Waals surface area contributed by atoms with Crippen molar-refractivity contribution in [3.05, 3.63) is 53.9 Å². The lowest BCUT2D eigenvalue weighted by atomic mass is 9.93. The average molecular weight is 385 g/mol. The Morgan fingerprint density at radius 1 is 1.18 bits per heavy atom. The lowest BCUT2D eigenvalue weighted by molar-refractivity contribution is 0.227. The van der Waals surface area contributed by atoms with Gasteiger partial charge in [0.2, 0.25) is 0 Å². The number of ether oxygens (including phenoxy) is 1. The number of halogens is 2. The topological polar surface area (TPSA) is 61.0 Å². The number of pyridine rings is 2. The monoisotopic (exact) mass is 385 g/mol. The largest absolute Gasteiger partial charge is 0.491 e. The van der Waals surface area contributed by atoms with Crippen molar-refractivity contribution in [3.8, 4) is 17.0 Å². The zero-order valence-corrected chi connectivity index (χ0v) is 16.6. The van der Waals surface area contributed by atoms with Gasteiger partial charge in [-0.1, -0.05) is 6.92 Å². The standard InChI is InChI=1S/C22H25F2N3O/c1-13(10-22(3,4)25)12-28-20-11-27-18(7-14(20)2)16-5-6-26-19-9-15(23)8-17(24)21(16)19/h5-9,11,13H,10,12,25H2,1-4H3/t13-/m0/s1. The molecular formula is C22H25F2N3O. The molecule has 0 amide bonds. The molecule has 4 nitrogen and oxygen atoms in total. The highest BCUT2D eigenvalue weighted by Gasteiger charge is 2.17. The fourth-order valence-electron chi connectivity index (χ4n) is 3.45. The predicted molar refractivity (Wildman–Crippen MR) is 107 cm³/mol. The van der Waals surface area contributed by atoms with E-state index in [4.69, 9.17) is 10.5 Å². The maximum absolute atomic E-state index is 14.4. The summed E-state index contributed by atoms with van der Waals surface area (Å²) in [6.07, 6.45) is 4.00. The van der Waals surface area contributed by atoms with Crippen molar-refractivity contribution in [3.63, 3.8) is 0 Å². The number of hydrogen-bond acceptors (Lipinski definition) is 4. The summed E-state index contributed by atoms with van der Waals surface area (Å²) in [6, 6.07) is 5.59. The maximum Gasteiger partial charge on any atom is 0.140 e. The summed E-state index contributed by atoms with van der Waals surface area (Å²) in [6.45, 7) is 8.53. The van der Waals surface area contributed by atoms with Gasteiger partial charge in [0.25, 0.3) is 0 Å². The Morgan fingerprint density at radius 2 is 1.93 bits per heavy atom. The second-order valence-corrected chi connectivity index (χ2v) is 8.08. The zero-order chi connectivity index (χ0) is 20.5. The van der Waals surface area contributed by atoms with Crippen LogP contribution in [0.25, 0.3) is 22.2 Å². The Morgan fingerprint density at radius 3 is 2.61 bits per heavy atom. The first-order valence-corrected chi connectivity index (χ1v) is 9.26. The normalized spacial score (nSPS) is 13.0. The van der Waals surface area contributed by atoms with Crippen LogP contribution in [-0.2, 0) is 0 Å². The molecule has 0 radical (unpaired) electrons. The molecule has 0 aliphatic carbocycles. The first kappa shape index (κ1) is 20.1. The first-order valence-electron chi connectivity index (χ1n) is 9.26. The van der Waals surface area contributed by atoms with E-state index in [0.29, 0.717) is 29.5 Å². The molecule has 2 N–H and O–H groups in total. The molecule has 2 aromatic heterocycles. The zero-order valence-electron chi connectivity index (χ0n) is 16.6. The number of aromatic nitrogens is 2. The summed E-state index contributed by atoms with van der Waals surface area (Å²) in [5.41, 5.74) is 8.11. The Labute approximate surface area is 163 Å². The Balaban J connectivity index is 1.86. The van der Waals surface area contributed by atoms with Crippen molar-refractivity contribution in [1.29, 1.82) is 0 Å². The molecule has 2 heterocycles. The number of hydrogen-bond donors (Lipinski definition) is 1. The van der Waals surface area contributed by atoms with Crippen molar-refractivity contribution in [2.24, 2.45) is 11.7 Å². The van der Waals surface area contributed by atoms with Crippen LogP contribution in [0.4, 0.5) is 8.78 Å². The molecule has 0 saturated carbocycles. The minimum atomic E-state index is -0.656. The molecule has 0 bridgehead atoms. The molecular weight excluding hydrogens is 360 g/mol. The molecule has 1 aromatic carbocycles. The molecule has 0 unspecified atom stereocenters. The van der Waals surface area contributed by atoms with E-state index in [9.17, 15) is 8.78 Å².